The molecule has 0 radical (unpaired) electrons. The van der Waals surface area contributed by atoms with Gasteiger partial charge in [0.15, 0.2) is 0 Å². The van der Waals surface area contributed by atoms with Gasteiger partial charge in [-0.1, -0.05) is 33.3 Å². The number of allylic oxidation sites excluding steroid dienone is 1. The smallest absolute Gasteiger partial charge is 0.308 e. The Labute approximate surface area is 99.1 Å². The van der Waals surface area contributed by atoms with Crippen LogP contribution in [0.5, 0.6) is 0 Å². The van der Waals surface area contributed by atoms with Gasteiger partial charge in [0.05, 0.1) is 5.92 Å². The fourth-order valence-electron chi connectivity index (χ4n) is 2.15. The molecule has 0 heterocycles. The average molecular weight is 224 g/mol. The molecule has 0 saturated heterocycles. The van der Waals surface area contributed by atoms with Gasteiger partial charge in [0.1, 0.15) is 6.61 Å². The SMILES string of the molecule is CC1=C(COC(=O)C(C)C)CCC(C)(C)C1. The topological polar surface area (TPSA) is 26.3 Å². The quantitative estimate of drug-likeness (QED) is 0.539. The van der Waals surface area contributed by atoms with Gasteiger partial charge in [-0.25, -0.2) is 0 Å². The van der Waals surface area contributed by atoms with Gasteiger partial charge in [-0.05, 0) is 37.2 Å². The van der Waals surface area contributed by atoms with Crippen LogP contribution in [0, 0.1) is 11.3 Å². The molecular weight excluding hydrogens is 200 g/mol. The summed E-state index contributed by atoms with van der Waals surface area (Å²) in [5.74, 6) is -0.119. The first-order valence-electron chi connectivity index (χ1n) is 6.16. The third kappa shape index (κ3) is 3.66. The molecule has 0 aromatic heterocycles. The van der Waals surface area contributed by atoms with E-state index in [2.05, 4.69) is 20.8 Å². The zero-order chi connectivity index (χ0) is 12.3. The summed E-state index contributed by atoms with van der Waals surface area (Å²) in [6, 6.07) is 0. The van der Waals surface area contributed by atoms with E-state index in [0.29, 0.717) is 12.0 Å². The van der Waals surface area contributed by atoms with E-state index in [1.54, 1.807) is 0 Å². The van der Waals surface area contributed by atoms with Crippen LogP contribution in [0.15, 0.2) is 11.1 Å². The highest BCUT2D eigenvalue weighted by atomic mass is 16.5. The second kappa shape index (κ2) is 5.03. The fourth-order valence-corrected chi connectivity index (χ4v) is 2.15. The third-order valence-electron chi connectivity index (χ3n) is 3.31. The van der Waals surface area contributed by atoms with Crippen molar-refractivity contribution in [3.05, 3.63) is 11.1 Å². The Bertz CT molecular complexity index is 298. The van der Waals surface area contributed by atoms with Gasteiger partial charge >= 0.3 is 5.97 Å². The van der Waals surface area contributed by atoms with Crippen LogP contribution in [0.3, 0.4) is 0 Å². The molecule has 0 aliphatic heterocycles. The van der Waals surface area contributed by atoms with Crippen molar-refractivity contribution in [3.63, 3.8) is 0 Å². The Balaban J connectivity index is 2.52. The van der Waals surface area contributed by atoms with E-state index < -0.39 is 0 Å². The van der Waals surface area contributed by atoms with Crippen LogP contribution in [-0.4, -0.2) is 12.6 Å². The predicted octanol–water partition coefficient (Wildman–Crippen LogP) is 3.71. The lowest BCUT2D eigenvalue weighted by Crippen LogP contribution is -2.21. The van der Waals surface area contributed by atoms with Gasteiger partial charge in [0.25, 0.3) is 0 Å². The van der Waals surface area contributed by atoms with Crippen LogP contribution in [0.25, 0.3) is 0 Å². The molecule has 0 aromatic carbocycles. The van der Waals surface area contributed by atoms with Gasteiger partial charge in [0, 0.05) is 0 Å². The molecule has 1 rings (SSSR count). The van der Waals surface area contributed by atoms with Crippen LogP contribution in [0.1, 0.15) is 53.9 Å². The van der Waals surface area contributed by atoms with E-state index in [1.807, 2.05) is 13.8 Å². The maximum absolute atomic E-state index is 11.4. The number of rotatable bonds is 3. The van der Waals surface area contributed by atoms with E-state index >= 15 is 0 Å². The van der Waals surface area contributed by atoms with Crippen molar-refractivity contribution in [2.75, 3.05) is 6.61 Å². The molecule has 0 aromatic rings. The monoisotopic (exact) mass is 224 g/mol. The van der Waals surface area contributed by atoms with Crippen molar-refractivity contribution in [1.29, 1.82) is 0 Å². The van der Waals surface area contributed by atoms with E-state index in [9.17, 15) is 4.79 Å². The number of carbonyl (C=O) groups excluding carboxylic acids is 1. The average Bonchev–Trinajstić information content (AvgIpc) is 2.14. The summed E-state index contributed by atoms with van der Waals surface area (Å²) in [5.41, 5.74) is 3.15. The summed E-state index contributed by atoms with van der Waals surface area (Å²) in [6.45, 7) is 11.0. The van der Waals surface area contributed by atoms with Crippen molar-refractivity contribution in [1.82, 2.24) is 0 Å². The van der Waals surface area contributed by atoms with Gasteiger partial charge < -0.3 is 4.74 Å². The Morgan fingerprint density at radius 3 is 2.56 bits per heavy atom. The molecule has 2 heteroatoms. The van der Waals surface area contributed by atoms with Crippen LogP contribution < -0.4 is 0 Å². The Hall–Kier alpha value is -0.790. The Kier molecular flexibility index (Phi) is 4.17. The molecule has 0 bridgehead atoms. The van der Waals surface area contributed by atoms with Crippen molar-refractivity contribution >= 4 is 5.97 Å². The standard InChI is InChI=1S/C14H24O2/c1-10(2)13(15)16-9-12-6-7-14(4,5)8-11(12)3/h10H,6-9H2,1-5H3. The highest BCUT2D eigenvalue weighted by Crippen LogP contribution is 2.38. The summed E-state index contributed by atoms with van der Waals surface area (Å²) in [7, 11) is 0. The molecule has 1 aliphatic rings. The lowest BCUT2D eigenvalue weighted by Gasteiger charge is -2.32. The van der Waals surface area contributed by atoms with Gasteiger partial charge in [0.2, 0.25) is 0 Å². The van der Waals surface area contributed by atoms with E-state index in [1.165, 1.54) is 17.6 Å². The first-order valence-corrected chi connectivity index (χ1v) is 6.16. The van der Waals surface area contributed by atoms with Crippen LogP contribution in [0.2, 0.25) is 0 Å². The molecule has 0 unspecified atom stereocenters. The highest BCUT2D eigenvalue weighted by molar-refractivity contribution is 5.71. The van der Waals surface area contributed by atoms with Crippen molar-refractivity contribution in [3.8, 4) is 0 Å². The second-order valence-corrected chi connectivity index (χ2v) is 5.99. The largest absolute Gasteiger partial charge is 0.461 e. The van der Waals surface area contributed by atoms with Crippen molar-refractivity contribution in [2.24, 2.45) is 11.3 Å². The number of hydrogen-bond acceptors (Lipinski definition) is 2. The lowest BCUT2D eigenvalue weighted by molar-refractivity contribution is -0.146. The van der Waals surface area contributed by atoms with E-state index in [4.69, 9.17) is 4.74 Å². The maximum atomic E-state index is 11.4. The molecule has 92 valence electrons. The zero-order valence-electron chi connectivity index (χ0n) is 11.2. The number of esters is 1. The van der Waals surface area contributed by atoms with Crippen molar-refractivity contribution < 1.29 is 9.53 Å². The van der Waals surface area contributed by atoms with Crippen LogP contribution in [0.4, 0.5) is 0 Å². The van der Waals surface area contributed by atoms with Gasteiger partial charge in [-0.15, -0.1) is 0 Å². The molecule has 16 heavy (non-hydrogen) atoms. The summed E-state index contributed by atoms with van der Waals surface area (Å²) >= 11 is 0. The second-order valence-electron chi connectivity index (χ2n) is 5.99. The Morgan fingerprint density at radius 1 is 1.44 bits per heavy atom. The van der Waals surface area contributed by atoms with Gasteiger partial charge in [-0.3, -0.25) is 4.79 Å². The minimum atomic E-state index is -0.0925. The summed E-state index contributed by atoms with van der Waals surface area (Å²) in [5, 5.41) is 0. The molecule has 0 N–H and O–H groups in total. The van der Waals surface area contributed by atoms with Gasteiger partial charge in [-0.2, -0.15) is 0 Å². The molecule has 2 nitrogen and oxygen atoms in total. The van der Waals surface area contributed by atoms with E-state index in [-0.39, 0.29) is 11.9 Å². The Morgan fingerprint density at radius 2 is 2.06 bits per heavy atom. The highest BCUT2D eigenvalue weighted by Gasteiger charge is 2.25. The summed E-state index contributed by atoms with van der Waals surface area (Å²) < 4.78 is 5.28. The minimum absolute atomic E-state index is 0.0269. The van der Waals surface area contributed by atoms with Crippen LogP contribution >= 0.6 is 0 Å². The number of hydrogen-bond donors (Lipinski definition) is 0. The molecule has 0 saturated carbocycles. The minimum Gasteiger partial charge on any atom is -0.461 e. The predicted molar refractivity (Wildman–Crippen MR) is 66.1 cm³/mol. The number of carbonyl (C=O) groups is 1. The molecular formula is C14H24O2. The molecule has 0 atom stereocenters. The molecule has 1 aliphatic carbocycles. The molecule has 0 fully saturated rings. The zero-order valence-corrected chi connectivity index (χ0v) is 11.2. The van der Waals surface area contributed by atoms with Crippen molar-refractivity contribution in [2.45, 2.75) is 53.9 Å². The molecule has 0 spiro atoms. The summed E-state index contributed by atoms with van der Waals surface area (Å²) in [6.07, 6.45) is 3.39. The normalized spacial score (nSPS) is 20.1. The third-order valence-corrected chi connectivity index (χ3v) is 3.31. The summed E-state index contributed by atoms with van der Waals surface area (Å²) in [4.78, 5) is 11.4. The fraction of sp³-hybridized carbons (Fsp3) is 0.786. The van der Waals surface area contributed by atoms with E-state index in [0.717, 1.165) is 12.8 Å². The first-order chi connectivity index (χ1) is 7.32. The maximum Gasteiger partial charge on any atom is 0.308 e. The lowest BCUT2D eigenvalue weighted by atomic mass is 9.75. The van der Waals surface area contributed by atoms with Crippen LogP contribution in [-0.2, 0) is 9.53 Å². The number of ether oxygens (including phenoxy) is 1. The first kappa shape index (κ1) is 13.3. The molecule has 0 amide bonds.